The van der Waals surface area contributed by atoms with Crippen molar-refractivity contribution in [2.75, 3.05) is 27.2 Å². The first-order valence-corrected chi connectivity index (χ1v) is 7.76. The first-order chi connectivity index (χ1) is 9.37. The molecule has 1 unspecified atom stereocenters. The minimum absolute atomic E-state index is 0.0224. The van der Waals surface area contributed by atoms with Gasteiger partial charge in [-0.25, -0.2) is 12.7 Å². The van der Waals surface area contributed by atoms with Crippen LogP contribution in [0.25, 0.3) is 0 Å². The third-order valence-electron chi connectivity index (χ3n) is 3.38. The maximum Gasteiger partial charge on any atom is 0.289 e. The lowest BCUT2D eigenvalue weighted by Gasteiger charge is -2.21. The third kappa shape index (κ3) is 2.58. The quantitative estimate of drug-likeness (QED) is 0.853. The summed E-state index contributed by atoms with van der Waals surface area (Å²) in [6, 6.07) is 2.40. The van der Waals surface area contributed by atoms with E-state index in [1.165, 1.54) is 31.1 Å². The normalized spacial score (nSPS) is 19.8. The molecule has 0 aromatic carbocycles. The molecule has 1 aliphatic rings. The molecule has 0 radical (unpaired) electrons. The highest BCUT2D eigenvalue weighted by molar-refractivity contribution is 7.88. The molecule has 0 spiro atoms. The molecule has 0 bridgehead atoms. The summed E-state index contributed by atoms with van der Waals surface area (Å²) < 4.78 is 29.9. The molecular weight excluding hydrogens is 284 g/mol. The van der Waals surface area contributed by atoms with Gasteiger partial charge in [0, 0.05) is 20.6 Å². The van der Waals surface area contributed by atoms with Gasteiger partial charge in [-0.3, -0.25) is 4.79 Å². The molecular formula is C12H18N2O5S. The summed E-state index contributed by atoms with van der Waals surface area (Å²) in [6.45, 7) is 0.440. The lowest BCUT2D eigenvalue weighted by molar-refractivity contribution is 0.0640. The molecule has 0 saturated carbocycles. The Hall–Kier alpha value is -1.38. The van der Waals surface area contributed by atoms with Crippen molar-refractivity contribution in [3.8, 4) is 0 Å². The number of aliphatic hydroxyl groups excluding tert-OH is 1. The second kappa shape index (κ2) is 5.55. The average molecular weight is 302 g/mol. The van der Waals surface area contributed by atoms with Crippen LogP contribution in [0.3, 0.4) is 0 Å². The van der Waals surface area contributed by atoms with Crippen LogP contribution in [-0.2, 0) is 10.0 Å². The number of aliphatic hydroxyl groups is 1. The van der Waals surface area contributed by atoms with Gasteiger partial charge in [0.15, 0.2) is 5.76 Å². The average Bonchev–Trinajstić information content (AvgIpc) is 3.06. The number of amides is 1. The van der Waals surface area contributed by atoms with Crippen molar-refractivity contribution in [3.63, 3.8) is 0 Å². The number of furan rings is 1. The number of sulfonamides is 1. The lowest BCUT2D eigenvalue weighted by Crippen LogP contribution is -2.37. The predicted molar refractivity (Wildman–Crippen MR) is 70.7 cm³/mol. The smallest absolute Gasteiger partial charge is 0.289 e. The van der Waals surface area contributed by atoms with Crippen LogP contribution in [0, 0.1) is 0 Å². The van der Waals surface area contributed by atoms with E-state index in [2.05, 4.69) is 0 Å². The highest BCUT2D eigenvalue weighted by Crippen LogP contribution is 2.23. The Morgan fingerprint density at radius 2 is 2.20 bits per heavy atom. The van der Waals surface area contributed by atoms with Crippen molar-refractivity contribution in [1.82, 2.24) is 9.21 Å². The van der Waals surface area contributed by atoms with E-state index in [9.17, 15) is 18.3 Å². The van der Waals surface area contributed by atoms with E-state index in [4.69, 9.17) is 4.42 Å². The second-order valence-corrected chi connectivity index (χ2v) is 6.97. The number of nitrogens with zero attached hydrogens (tertiary/aromatic N) is 2. The Morgan fingerprint density at radius 3 is 2.80 bits per heavy atom. The number of carbonyl (C=O) groups excluding carboxylic acids is 1. The Labute approximate surface area is 117 Å². The maximum absolute atomic E-state index is 12.2. The SMILES string of the molecule is CN(C)S(=O)(=O)c1ccc(C(=O)N2CCCC2CO)o1. The van der Waals surface area contributed by atoms with Gasteiger partial charge in [-0.2, -0.15) is 0 Å². The van der Waals surface area contributed by atoms with Crippen LogP contribution in [0.15, 0.2) is 21.6 Å². The highest BCUT2D eigenvalue weighted by Gasteiger charge is 2.31. The van der Waals surface area contributed by atoms with Crippen LogP contribution in [0.5, 0.6) is 0 Å². The topological polar surface area (TPSA) is 91.1 Å². The number of hydrogen-bond donors (Lipinski definition) is 1. The van der Waals surface area contributed by atoms with Crippen LogP contribution in [0.1, 0.15) is 23.4 Å². The first-order valence-electron chi connectivity index (χ1n) is 6.32. The summed E-state index contributed by atoms with van der Waals surface area (Å²) in [6.07, 6.45) is 1.56. The third-order valence-corrected chi connectivity index (χ3v) is 5.07. The Morgan fingerprint density at radius 1 is 1.50 bits per heavy atom. The fourth-order valence-electron chi connectivity index (χ4n) is 2.19. The van der Waals surface area contributed by atoms with Gasteiger partial charge >= 0.3 is 0 Å². The van der Waals surface area contributed by atoms with Crippen molar-refractivity contribution in [3.05, 3.63) is 17.9 Å². The van der Waals surface area contributed by atoms with Crippen molar-refractivity contribution in [2.24, 2.45) is 0 Å². The molecule has 1 N–H and O–H groups in total. The molecule has 2 heterocycles. The van der Waals surface area contributed by atoms with E-state index < -0.39 is 10.0 Å². The Kier molecular flexibility index (Phi) is 4.17. The van der Waals surface area contributed by atoms with Crippen molar-refractivity contribution >= 4 is 15.9 Å². The molecule has 1 aromatic heterocycles. The number of likely N-dealkylation sites (tertiary alicyclic amines) is 1. The zero-order valence-corrected chi connectivity index (χ0v) is 12.3. The number of rotatable bonds is 4. The van der Waals surface area contributed by atoms with E-state index in [-0.39, 0.29) is 29.4 Å². The molecule has 1 amide bonds. The molecule has 1 aromatic rings. The minimum atomic E-state index is -3.69. The zero-order valence-electron chi connectivity index (χ0n) is 11.4. The van der Waals surface area contributed by atoms with Crippen molar-refractivity contribution in [2.45, 2.75) is 24.0 Å². The van der Waals surface area contributed by atoms with E-state index in [1.807, 2.05) is 0 Å². The van der Waals surface area contributed by atoms with Gasteiger partial charge in [-0.05, 0) is 25.0 Å². The van der Waals surface area contributed by atoms with Crippen LogP contribution in [-0.4, -0.2) is 61.9 Å². The lowest BCUT2D eigenvalue weighted by atomic mass is 10.2. The van der Waals surface area contributed by atoms with E-state index in [0.717, 1.165) is 17.1 Å². The summed E-state index contributed by atoms with van der Waals surface area (Å²) in [5.41, 5.74) is 0. The molecule has 112 valence electrons. The minimum Gasteiger partial charge on any atom is -0.438 e. The van der Waals surface area contributed by atoms with Crippen molar-refractivity contribution < 1.29 is 22.7 Å². The summed E-state index contributed by atoms with van der Waals surface area (Å²) in [4.78, 5) is 13.8. The summed E-state index contributed by atoms with van der Waals surface area (Å²) >= 11 is 0. The maximum atomic E-state index is 12.2. The second-order valence-electron chi connectivity index (χ2n) is 4.88. The monoisotopic (exact) mass is 302 g/mol. The number of hydrogen-bond acceptors (Lipinski definition) is 5. The molecule has 8 heteroatoms. The summed E-state index contributed by atoms with van der Waals surface area (Å²) in [5.74, 6) is -0.410. The van der Waals surface area contributed by atoms with Gasteiger partial charge < -0.3 is 14.4 Å². The Bertz CT molecular complexity index is 593. The van der Waals surface area contributed by atoms with E-state index in [0.29, 0.717) is 6.54 Å². The molecule has 1 saturated heterocycles. The molecule has 1 aliphatic heterocycles. The fraction of sp³-hybridized carbons (Fsp3) is 0.583. The van der Waals surface area contributed by atoms with Gasteiger partial charge in [0.2, 0.25) is 5.09 Å². The van der Waals surface area contributed by atoms with Gasteiger partial charge in [0.1, 0.15) is 0 Å². The molecule has 0 aliphatic carbocycles. The van der Waals surface area contributed by atoms with Gasteiger partial charge in [-0.1, -0.05) is 0 Å². The Balaban J connectivity index is 2.23. The first kappa shape index (κ1) is 15.0. The van der Waals surface area contributed by atoms with Gasteiger partial charge in [-0.15, -0.1) is 0 Å². The van der Waals surface area contributed by atoms with Gasteiger partial charge in [0.05, 0.1) is 12.6 Å². The molecule has 7 nitrogen and oxygen atoms in total. The highest BCUT2D eigenvalue weighted by atomic mass is 32.2. The molecule has 2 rings (SSSR count). The molecule has 1 atom stereocenters. The fourth-order valence-corrected chi connectivity index (χ4v) is 2.98. The molecule has 20 heavy (non-hydrogen) atoms. The van der Waals surface area contributed by atoms with Crippen LogP contribution >= 0.6 is 0 Å². The van der Waals surface area contributed by atoms with Crippen molar-refractivity contribution in [1.29, 1.82) is 0 Å². The van der Waals surface area contributed by atoms with Crippen LogP contribution in [0.2, 0.25) is 0 Å². The van der Waals surface area contributed by atoms with Gasteiger partial charge in [0.25, 0.3) is 15.9 Å². The largest absolute Gasteiger partial charge is 0.438 e. The number of carbonyl (C=O) groups is 1. The van der Waals surface area contributed by atoms with Crippen LogP contribution in [0.4, 0.5) is 0 Å². The zero-order chi connectivity index (χ0) is 14.9. The summed E-state index contributed by atoms with van der Waals surface area (Å²) in [5, 5.41) is 8.95. The van der Waals surface area contributed by atoms with Crippen LogP contribution < -0.4 is 0 Å². The van der Waals surface area contributed by atoms with E-state index >= 15 is 0 Å². The molecule has 1 fully saturated rings. The predicted octanol–water partition coefficient (Wildman–Crippen LogP) is 0.127. The summed E-state index contributed by atoms with van der Waals surface area (Å²) in [7, 11) is -0.905. The standard InChI is InChI=1S/C12H18N2O5S/c1-13(2)20(17,18)11-6-5-10(19-11)12(16)14-7-3-4-9(14)8-15/h5-6,9,15H,3-4,7-8H2,1-2H3. The van der Waals surface area contributed by atoms with E-state index in [1.54, 1.807) is 0 Å².